The summed E-state index contributed by atoms with van der Waals surface area (Å²) in [5, 5.41) is 6.53. The summed E-state index contributed by atoms with van der Waals surface area (Å²) < 4.78 is 7.05. The number of nitrogens with one attached hydrogen (secondary N) is 1. The van der Waals surface area contributed by atoms with Crippen LogP contribution in [0, 0.1) is 6.92 Å². The highest BCUT2D eigenvalue weighted by Gasteiger charge is 2.26. The lowest BCUT2D eigenvalue weighted by Gasteiger charge is -2.31. The van der Waals surface area contributed by atoms with Crippen molar-refractivity contribution < 1.29 is 9.32 Å². The summed E-state index contributed by atoms with van der Waals surface area (Å²) >= 11 is 0. The summed E-state index contributed by atoms with van der Waals surface area (Å²) in [6, 6.07) is 1.46. The number of amides is 1. The Kier molecular flexibility index (Phi) is 3.27. The normalized spacial score (nSPS) is 16.7. The Balaban J connectivity index is 1.64. The summed E-state index contributed by atoms with van der Waals surface area (Å²) in [5.41, 5.74) is 0. The van der Waals surface area contributed by atoms with E-state index in [1.807, 2.05) is 13.1 Å². The fraction of sp³-hybridized carbons (Fsp3) is 0.462. The van der Waals surface area contributed by atoms with E-state index in [4.69, 9.17) is 4.52 Å². The lowest BCUT2D eigenvalue weighted by molar-refractivity contribution is -0.121. The lowest BCUT2D eigenvalue weighted by Crippen LogP contribution is -2.45. The minimum absolute atomic E-state index is 0.0849. The fourth-order valence-electron chi connectivity index (χ4n) is 2.34. The Morgan fingerprint density at radius 2 is 2.35 bits per heavy atom. The van der Waals surface area contributed by atoms with Crippen LogP contribution < -0.4 is 5.32 Å². The molecular weight excluding hydrogens is 258 g/mol. The quantitative estimate of drug-likeness (QED) is 0.905. The Morgan fingerprint density at radius 1 is 1.50 bits per heavy atom. The van der Waals surface area contributed by atoms with Gasteiger partial charge in [0.2, 0.25) is 5.91 Å². The number of carbonyl (C=O) groups excluding carboxylic acids is 1. The number of imidazole rings is 1. The second-order valence-corrected chi connectivity index (χ2v) is 5.00. The summed E-state index contributed by atoms with van der Waals surface area (Å²) in [6.07, 6.45) is 3.76. The lowest BCUT2D eigenvalue weighted by atomic mass is 10.2. The van der Waals surface area contributed by atoms with Crippen LogP contribution in [0.15, 0.2) is 23.0 Å². The average Bonchev–Trinajstić information content (AvgIpc) is 3.05. The van der Waals surface area contributed by atoms with Crippen molar-refractivity contribution in [1.82, 2.24) is 19.6 Å². The third-order valence-corrected chi connectivity index (χ3v) is 3.58. The maximum absolute atomic E-state index is 12.2. The minimum Gasteiger partial charge on any atom is -0.360 e. The first-order valence-electron chi connectivity index (χ1n) is 6.62. The van der Waals surface area contributed by atoms with Gasteiger partial charge in [0.05, 0.1) is 12.6 Å². The predicted molar refractivity (Wildman–Crippen MR) is 72.0 cm³/mol. The van der Waals surface area contributed by atoms with E-state index < -0.39 is 0 Å². The predicted octanol–water partition coefficient (Wildman–Crippen LogP) is 1.02. The molecule has 1 N–H and O–H groups in total. The number of anilines is 1. The van der Waals surface area contributed by atoms with E-state index in [1.165, 1.54) is 0 Å². The van der Waals surface area contributed by atoms with Crippen molar-refractivity contribution in [3.05, 3.63) is 30.0 Å². The zero-order valence-electron chi connectivity index (χ0n) is 11.5. The number of nitrogens with zero attached hydrogens (tertiary/aromatic N) is 4. The molecule has 1 aliphatic rings. The molecule has 0 aliphatic carbocycles. The first kappa shape index (κ1) is 12.9. The van der Waals surface area contributed by atoms with Crippen LogP contribution in [-0.4, -0.2) is 38.1 Å². The number of carbonyl (C=O) groups is 1. The maximum Gasteiger partial charge on any atom is 0.242 e. The van der Waals surface area contributed by atoms with E-state index in [0.29, 0.717) is 18.1 Å². The summed E-state index contributed by atoms with van der Waals surface area (Å²) in [6.45, 7) is 6.04. The van der Waals surface area contributed by atoms with E-state index in [1.54, 1.807) is 19.2 Å². The molecule has 0 bridgehead atoms. The molecule has 7 nitrogen and oxygen atoms in total. The van der Waals surface area contributed by atoms with Crippen molar-refractivity contribution in [2.45, 2.75) is 33.0 Å². The van der Waals surface area contributed by atoms with E-state index in [-0.39, 0.29) is 11.9 Å². The van der Waals surface area contributed by atoms with Crippen molar-refractivity contribution in [3.8, 4) is 0 Å². The Bertz CT molecular complexity index is 618. The van der Waals surface area contributed by atoms with Gasteiger partial charge in [-0.2, -0.15) is 0 Å². The number of fused-ring (bicyclic) bond motifs is 1. The van der Waals surface area contributed by atoms with Crippen LogP contribution in [0.4, 0.5) is 5.82 Å². The minimum atomic E-state index is -0.238. The van der Waals surface area contributed by atoms with E-state index >= 15 is 0 Å². The molecule has 0 spiro atoms. The number of hydrogen-bond donors (Lipinski definition) is 1. The third-order valence-electron chi connectivity index (χ3n) is 3.58. The molecule has 20 heavy (non-hydrogen) atoms. The van der Waals surface area contributed by atoms with Crippen molar-refractivity contribution in [3.63, 3.8) is 0 Å². The van der Waals surface area contributed by atoms with E-state index in [0.717, 1.165) is 18.9 Å². The van der Waals surface area contributed by atoms with Gasteiger partial charge in [0.15, 0.2) is 5.82 Å². The standard InChI is InChI=1S/C13H17N5O2/c1-9-7-11(16-20-9)15-13(19)10(2)18-6-5-17-4-3-14-12(17)8-18/h3-4,7,10H,5-6,8H2,1-2H3,(H,15,16,19). The number of rotatable bonds is 3. The van der Waals surface area contributed by atoms with E-state index in [2.05, 4.69) is 24.9 Å². The molecule has 0 radical (unpaired) electrons. The molecule has 1 aliphatic heterocycles. The third kappa shape index (κ3) is 2.44. The van der Waals surface area contributed by atoms with E-state index in [9.17, 15) is 4.79 Å². The topological polar surface area (TPSA) is 76.2 Å². The smallest absolute Gasteiger partial charge is 0.242 e. The molecular formula is C13H17N5O2. The molecule has 0 fully saturated rings. The zero-order valence-corrected chi connectivity index (χ0v) is 11.5. The van der Waals surface area contributed by atoms with Crippen LogP contribution in [0.1, 0.15) is 18.5 Å². The second kappa shape index (κ2) is 5.09. The van der Waals surface area contributed by atoms with Crippen molar-refractivity contribution >= 4 is 11.7 Å². The van der Waals surface area contributed by atoms with Gasteiger partial charge in [-0.1, -0.05) is 5.16 Å². The van der Waals surface area contributed by atoms with Crippen LogP contribution in [-0.2, 0) is 17.9 Å². The zero-order chi connectivity index (χ0) is 14.1. The Morgan fingerprint density at radius 3 is 3.10 bits per heavy atom. The monoisotopic (exact) mass is 275 g/mol. The van der Waals surface area contributed by atoms with Gasteiger partial charge in [0.25, 0.3) is 0 Å². The van der Waals surface area contributed by atoms with Crippen molar-refractivity contribution in [2.24, 2.45) is 0 Å². The Hall–Kier alpha value is -2.15. The molecule has 3 heterocycles. The van der Waals surface area contributed by atoms with Crippen LogP contribution in [0.3, 0.4) is 0 Å². The number of aryl methyl sites for hydroxylation is 1. The highest BCUT2D eigenvalue weighted by Crippen LogP contribution is 2.15. The molecule has 106 valence electrons. The molecule has 2 aromatic heterocycles. The summed E-state index contributed by atoms with van der Waals surface area (Å²) in [7, 11) is 0. The van der Waals surface area contributed by atoms with Crippen LogP contribution in [0.2, 0.25) is 0 Å². The van der Waals surface area contributed by atoms with Gasteiger partial charge >= 0.3 is 0 Å². The van der Waals surface area contributed by atoms with Gasteiger partial charge in [-0.05, 0) is 13.8 Å². The highest BCUT2D eigenvalue weighted by atomic mass is 16.5. The van der Waals surface area contributed by atoms with Crippen molar-refractivity contribution in [2.75, 3.05) is 11.9 Å². The van der Waals surface area contributed by atoms with Crippen LogP contribution >= 0.6 is 0 Å². The van der Waals surface area contributed by atoms with Crippen LogP contribution in [0.5, 0.6) is 0 Å². The molecule has 3 rings (SSSR count). The molecule has 0 aromatic carbocycles. The maximum atomic E-state index is 12.2. The molecule has 0 saturated heterocycles. The average molecular weight is 275 g/mol. The fourth-order valence-corrected chi connectivity index (χ4v) is 2.34. The van der Waals surface area contributed by atoms with Gasteiger partial charge in [-0.25, -0.2) is 4.98 Å². The van der Waals surface area contributed by atoms with Gasteiger partial charge in [-0.3, -0.25) is 9.69 Å². The van der Waals surface area contributed by atoms with Gasteiger partial charge < -0.3 is 14.4 Å². The largest absolute Gasteiger partial charge is 0.360 e. The summed E-state index contributed by atoms with van der Waals surface area (Å²) in [4.78, 5) is 18.6. The molecule has 1 atom stereocenters. The molecule has 0 saturated carbocycles. The van der Waals surface area contributed by atoms with Crippen molar-refractivity contribution in [1.29, 1.82) is 0 Å². The molecule has 1 unspecified atom stereocenters. The van der Waals surface area contributed by atoms with Gasteiger partial charge in [0, 0.05) is 31.5 Å². The van der Waals surface area contributed by atoms with Gasteiger partial charge in [0.1, 0.15) is 11.6 Å². The number of aromatic nitrogens is 3. The highest BCUT2D eigenvalue weighted by molar-refractivity contribution is 5.93. The second-order valence-electron chi connectivity index (χ2n) is 5.00. The molecule has 7 heteroatoms. The first-order valence-corrected chi connectivity index (χ1v) is 6.62. The molecule has 2 aromatic rings. The first-order chi connectivity index (χ1) is 9.63. The SMILES string of the molecule is Cc1cc(NC(=O)C(C)N2CCn3ccnc3C2)no1. The van der Waals surface area contributed by atoms with Crippen LogP contribution in [0.25, 0.3) is 0 Å². The molecule has 1 amide bonds. The summed E-state index contributed by atoms with van der Waals surface area (Å²) in [5.74, 6) is 2.04. The number of hydrogen-bond acceptors (Lipinski definition) is 5. The Labute approximate surface area is 116 Å². The van der Waals surface area contributed by atoms with Gasteiger partial charge in [-0.15, -0.1) is 0 Å².